The molecule has 1 aliphatic rings. The van der Waals surface area contributed by atoms with Gasteiger partial charge in [-0.3, -0.25) is 14.3 Å². The molecule has 6 heteroatoms. The predicted octanol–water partition coefficient (Wildman–Crippen LogP) is 1.33. The van der Waals surface area contributed by atoms with Crippen LogP contribution in [-0.4, -0.2) is 28.4 Å². The molecule has 2 aromatic rings. The van der Waals surface area contributed by atoms with E-state index in [1.54, 1.807) is 18.3 Å². The van der Waals surface area contributed by atoms with Gasteiger partial charge in [0.15, 0.2) is 12.6 Å². The Kier molecular flexibility index (Phi) is 3.64. The summed E-state index contributed by atoms with van der Waals surface area (Å²) < 4.78 is 12.0. The van der Waals surface area contributed by atoms with Crippen LogP contribution in [0.1, 0.15) is 12.5 Å². The number of aldehydes is 1. The average molecular weight is 286 g/mol. The van der Waals surface area contributed by atoms with Gasteiger partial charge in [0, 0.05) is 12.3 Å². The van der Waals surface area contributed by atoms with Crippen LogP contribution in [0.15, 0.2) is 35.3 Å². The highest BCUT2D eigenvalue weighted by Crippen LogP contribution is 2.18. The summed E-state index contributed by atoms with van der Waals surface area (Å²) in [4.78, 5) is 26.8. The number of hydrogen-bond acceptors (Lipinski definition) is 5. The molecular formula is C15H14N2O4. The van der Waals surface area contributed by atoms with Crippen molar-refractivity contribution in [1.29, 1.82) is 0 Å². The lowest BCUT2D eigenvalue weighted by atomic mass is 10.2. The molecule has 108 valence electrons. The zero-order valence-electron chi connectivity index (χ0n) is 11.4. The number of carbonyl (C=O) groups is 1. The molecule has 0 bridgehead atoms. The number of aromatic nitrogens is 2. The van der Waals surface area contributed by atoms with Crippen molar-refractivity contribution in [3.63, 3.8) is 0 Å². The topological polar surface area (TPSA) is 70.4 Å². The number of pyridine rings is 2. The highest BCUT2D eigenvalue weighted by atomic mass is 16.9. The maximum Gasteiger partial charge on any atom is 0.251 e. The molecule has 0 unspecified atom stereocenters. The Morgan fingerprint density at radius 2 is 2.19 bits per heavy atom. The quantitative estimate of drug-likeness (QED) is 0.793. The number of fused-ring (bicyclic) bond motifs is 1. The molecule has 21 heavy (non-hydrogen) atoms. The third-order valence-electron chi connectivity index (χ3n) is 3.21. The van der Waals surface area contributed by atoms with Gasteiger partial charge in [-0.15, -0.1) is 0 Å². The third-order valence-corrected chi connectivity index (χ3v) is 3.21. The summed E-state index contributed by atoms with van der Waals surface area (Å²) in [5.74, 6) is 0. The Labute approximate surface area is 120 Å². The van der Waals surface area contributed by atoms with Crippen LogP contribution in [0.5, 0.6) is 0 Å². The monoisotopic (exact) mass is 286 g/mol. The summed E-state index contributed by atoms with van der Waals surface area (Å²) in [5, 5.41) is 0. The first-order valence-electron chi connectivity index (χ1n) is 6.60. The molecule has 3 rings (SSSR count). The van der Waals surface area contributed by atoms with E-state index < -0.39 is 0 Å². The Morgan fingerprint density at radius 3 is 2.90 bits per heavy atom. The van der Waals surface area contributed by atoms with Crippen LogP contribution in [0.4, 0.5) is 0 Å². The van der Waals surface area contributed by atoms with Crippen molar-refractivity contribution in [2.24, 2.45) is 0 Å². The summed E-state index contributed by atoms with van der Waals surface area (Å²) >= 11 is 0. The van der Waals surface area contributed by atoms with Crippen molar-refractivity contribution in [2.75, 3.05) is 0 Å². The summed E-state index contributed by atoms with van der Waals surface area (Å²) in [6.45, 7) is 1.83. The number of nitrogens with zero attached hydrogens (tertiary/aromatic N) is 2. The first-order valence-corrected chi connectivity index (χ1v) is 6.60. The summed E-state index contributed by atoms with van der Waals surface area (Å²) in [6.07, 6.45) is 5.45. The fourth-order valence-electron chi connectivity index (χ4n) is 2.21. The smallest absolute Gasteiger partial charge is 0.251 e. The van der Waals surface area contributed by atoms with Crippen molar-refractivity contribution in [1.82, 2.24) is 9.55 Å². The van der Waals surface area contributed by atoms with Gasteiger partial charge in [0.1, 0.15) is 6.29 Å². The van der Waals surface area contributed by atoms with Crippen molar-refractivity contribution in [3.8, 4) is 0 Å². The second-order valence-electron chi connectivity index (χ2n) is 4.69. The molecule has 0 aliphatic carbocycles. The minimum absolute atomic E-state index is 0.0113. The predicted molar refractivity (Wildman–Crippen MR) is 76.5 cm³/mol. The van der Waals surface area contributed by atoms with E-state index in [-0.39, 0.29) is 24.7 Å². The fourth-order valence-corrected chi connectivity index (χ4v) is 2.21. The van der Waals surface area contributed by atoms with Crippen LogP contribution in [0.2, 0.25) is 0 Å². The van der Waals surface area contributed by atoms with Gasteiger partial charge in [-0.1, -0.05) is 6.08 Å². The SMILES string of the molecule is CC1OC(/C=C/c2cnc3ccc(=O)n(CC=O)c3c2)O1. The molecule has 1 saturated heterocycles. The van der Waals surface area contributed by atoms with E-state index >= 15 is 0 Å². The van der Waals surface area contributed by atoms with Gasteiger partial charge in [-0.05, 0) is 30.7 Å². The summed E-state index contributed by atoms with van der Waals surface area (Å²) in [6, 6.07) is 4.86. The maximum absolute atomic E-state index is 11.8. The summed E-state index contributed by atoms with van der Waals surface area (Å²) in [5.41, 5.74) is 1.87. The minimum atomic E-state index is -0.344. The van der Waals surface area contributed by atoms with E-state index in [0.29, 0.717) is 17.3 Å². The number of carbonyl (C=O) groups excluding carboxylic acids is 1. The highest BCUT2D eigenvalue weighted by Gasteiger charge is 2.23. The maximum atomic E-state index is 11.8. The van der Waals surface area contributed by atoms with Gasteiger partial charge in [0.2, 0.25) is 0 Å². The van der Waals surface area contributed by atoms with Crippen LogP contribution in [0, 0.1) is 0 Å². The number of hydrogen-bond donors (Lipinski definition) is 0. The number of rotatable bonds is 4. The van der Waals surface area contributed by atoms with Gasteiger partial charge < -0.3 is 14.3 Å². The van der Waals surface area contributed by atoms with Crippen LogP contribution in [0.3, 0.4) is 0 Å². The lowest BCUT2D eigenvalue weighted by Gasteiger charge is -2.31. The molecule has 1 fully saturated rings. The first-order chi connectivity index (χ1) is 10.2. The van der Waals surface area contributed by atoms with Gasteiger partial charge in [0.25, 0.3) is 5.56 Å². The molecule has 3 heterocycles. The van der Waals surface area contributed by atoms with E-state index in [9.17, 15) is 9.59 Å². The van der Waals surface area contributed by atoms with Gasteiger partial charge >= 0.3 is 0 Å². The lowest BCUT2D eigenvalue weighted by molar-refractivity contribution is -0.354. The second kappa shape index (κ2) is 5.59. The molecule has 0 amide bonds. The second-order valence-corrected chi connectivity index (χ2v) is 4.69. The zero-order valence-corrected chi connectivity index (χ0v) is 11.4. The molecule has 2 aromatic heterocycles. The fraction of sp³-hybridized carbons (Fsp3) is 0.267. The van der Waals surface area contributed by atoms with Crippen LogP contribution in [0.25, 0.3) is 17.1 Å². The van der Waals surface area contributed by atoms with Gasteiger partial charge in [0.05, 0.1) is 17.6 Å². The van der Waals surface area contributed by atoms with Crippen molar-refractivity contribution >= 4 is 23.4 Å². The average Bonchev–Trinajstić information content (AvgIpc) is 2.45. The standard InChI is InChI=1S/C15H14N2O4/c1-10-20-15(21-10)5-2-11-8-13-12(16-9-11)3-4-14(19)17(13)6-7-18/h2-5,7-10,15H,6H2,1H3/b5-2+. The Morgan fingerprint density at radius 1 is 1.38 bits per heavy atom. The van der Waals surface area contributed by atoms with Gasteiger partial charge in [-0.25, -0.2) is 0 Å². The largest absolute Gasteiger partial charge is 0.320 e. The van der Waals surface area contributed by atoms with Crippen molar-refractivity contribution in [3.05, 3.63) is 46.4 Å². The molecule has 0 saturated carbocycles. The van der Waals surface area contributed by atoms with E-state index in [4.69, 9.17) is 9.47 Å². The Balaban J connectivity index is 1.96. The van der Waals surface area contributed by atoms with Gasteiger partial charge in [-0.2, -0.15) is 0 Å². The third kappa shape index (κ3) is 2.76. The molecular weight excluding hydrogens is 272 g/mol. The lowest BCUT2D eigenvalue weighted by Crippen LogP contribution is -2.36. The van der Waals surface area contributed by atoms with E-state index in [1.807, 2.05) is 19.1 Å². The highest BCUT2D eigenvalue weighted by molar-refractivity contribution is 5.77. The Bertz CT molecular complexity index is 760. The normalized spacial score (nSPS) is 21.6. The van der Waals surface area contributed by atoms with Crippen LogP contribution >= 0.6 is 0 Å². The molecule has 0 N–H and O–H groups in total. The molecule has 6 nitrogen and oxygen atoms in total. The molecule has 1 aliphatic heterocycles. The molecule has 0 atom stereocenters. The zero-order chi connectivity index (χ0) is 14.8. The van der Waals surface area contributed by atoms with Crippen molar-refractivity contribution in [2.45, 2.75) is 26.0 Å². The summed E-state index contributed by atoms with van der Waals surface area (Å²) in [7, 11) is 0. The van der Waals surface area contributed by atoms with E-state index in [1.165, 1.54) is 10.6 Å². The van der Waals surface area contributed by atoms with Crippen LogP contribution in [-0.2, 0) is 20.8 Å². The first kappa shape index (κ1) is 13.7. The Hall–Kier alpha value is -2.31. The molecule has 0 radical (unpaired) electrons. The number of ether oxygens (including phenoxy) is 2. The van der Waals surface area contributed by atoms with Crippen LogP contribution < -0.4 is 5.56 Å². The molecule has 0 spiro atoms. The van der Waals surface area contributed by atoms with Crippen molar-refractivity contribution < 1.29 is 14.3 Å². The van der Waals surface area contributed by atoms with E-state index in [2.05, 4.69) is 4.98 Å². The van der Waals surface area contributed by atoms with E-state index in [0.717, 1.165) is 5.56 Å². The molecule has 0 aromatic carbocycles. The minimum Gasteiger partial charge on any atom is -0.320 e.